The quantitative estimate of drug-likeness (QED) is 0.279. The van der Waals surface area contributed by atoms with Crippen molar-refractivity contribution in [3.05, 3.63) is 106 Å². The third-order valence-electron chi connectivity index (χ3n) is 7.94. The van der Waals surface area contributed by atoms with Crippen molar-refractivity contribution in [2.24, 2.45) is 0 Å². The summed E-state index contributed by atoms with van der Waals surface area (Å²) in [5.74, 6) is 7.90. The summed E-state index contributed by atoms with van der Waals surface area (Å²) in [5, 5.41) is 1.33. The molecule has 1 nitrogen and oxygen atoms in total. The van der Waals surface area contributed by atoms with E-state index in [1.165, 1.54) is 55.5 Å². The van der Waals surface area contributed by atoms with Crippen LogP contribution < -0.4 is 0 Å². The summed E-state index contributed by atoms with van der Waals surface area (Å²) in [6.07, 6.45) is 8.18. The molecular formula is C31H20O. The highest BCUT2D eigenvalue weighted by atomic mass is 16.3. The summed E-state index contributed by atoms with van der Waals surface area (Å²) in [6.45, 7) is 0. The second-order valence-corrected chi connectivity index (χ2v) is 9.25. The molecular weight excluding hydrogens is 388 g/mol. The lowest BCUT2D eigenvalue weighted by molar-refractivity contribution is 0.595. The highest BCUT2D eigenvalue weighted by molar-refractivity contribution is 6.04. The minimum absolute atomic E-state index is 0.273. The molecule has 1 heterocycles. The Morgan fingerprint density at radius 2 is 1.56 bits per heavy atom. The van der Waals surface area contributed by atoms with Crippen LogP contribution in [0.3, 0.4) is 0 Å². The number of benzene rings is 3. The molecule has 0 radical (unpaired) electrons. The second-order valence-electron chi connectivity index (χ2n) is 9.25. The number of furan rings is 1. The first-order valence-corrected chi connectivity index (χ1v) is 11.5. The topological polar surface area (TPSA) is 13.1 Å². The minimum Gasteiger partial charge on any atom is -0.456 e. The van der Waals surface area contributed by atoms with Crippen molar-refractivity contribution in [1.29, 1.82) is 0 Å². The molecule has 4 aromatic rings. The van der Waals surface area contributed by atoms with E-state index in [-0.39, 0.29) is 5.41 Å². The van der Waals surface area contributed by atoms with E-state index in [2.05, 4.69) is 84.7 Å². The first-order chi connectivity index (χ1) is 15.9. The van der Waals surface area contributed by atoms with Gasteiger partial charge in [-0.3, -0.25) is 0 Å². The summed E-state index contributed by atoms with van der Waals surface area (Å²) in [5.41, 5.74) is 13.4. The van der Waals surface area contributed by atoms with Crippen molar-refractivity contribution >= 4 is 22.6 Å². The Balaban J connectivity index is 1.62. The highest BCUT2D eigenvalue weighted by Crippen LogP contribution is 2.65. The van der Waals surface area contributed by atoms with Crippen LogP contribution in [-0.2, 0) is 11.8 Å². The second kappa shape index (κ2) is 5.72. The van der Waals surface area contributed by atoms with E-state index >= 15 is 0 Å². The summed E-state index contributed by atoms with van der Waals surface area (Å²) >= 11 is 0. The Morgan fingerprint density at radius 3 is 2.47 bits per heavy atom. The van der Waals surface area contributed by atoms with E-state index in [1.807, 2.05) is 0 Å². The standard InChI is InChI=1S/C31H20O/c1-5-13-24-19(9-1)20-10-2-6-14-25(20)31(24)26-15-7-3-11-21(26)22-17-18-28-29(30(22)31)23-12-4-8-16-27(23)32-28/h1,3,5,7-9,11,13,15-18H,4,10,12,14H2. The lowest BCUT2D eigenvalue weighted by Crippen LogP contribution is -2.28. The van der Waals surface area contributed by atoms with Gasteiger partial charge in [0.05, 0.1) is 5.41 Å². The smallest absolute Gasteiger partial charge is 0.135 e. The van der Waals surface area contributed by atoms with Gasteiger partial charge >= 0.3 is 0 Å². The maximum absolute atomic E-state index is 6.41. The third kappa shape index (κ3) is 1.77. The normalized spacial score (nSPS) is 21.1. The summed E-state index contributed by atoms with van der Waals surface area (Å²) in [7, 11) is 0. The Kier molecular flexibility index (Phi) is 3.02. The number of fused-ring (bicyclic) bond motifs is 13. The number of allylic oxidation sites excluding steroid dienone is 3. The molecule has 4 aliphatic carbocycles. The number of rotatable bonds is 0. The van der Waals surface area contributed by atoms with E-state index in [0.717, 1.165) is 37.0 Å². The molecule has 0 saturated carbocycles. The lowest BCUT2D eigenvalue weighted by Gasteiger charge is -2.33. The van der Waals surface area contributed by atoms with Crippen LogP contribution in [0, 0.1) is 11.8 Å². The predicted molar refractivity (Wildman–Crippen MR) is 129 cm³/mol. The fourth-order valence-corrected chi connectivity index (χ4v) is 6.83. The van der Waals surface area contributed by atoms with Crippen molar-refractivity contribution in [3.63, 3.8) is 0 Å². The van der Waals surface area contributed by atoms with Gasteiger partial charge in [0, 0.05) is 23.8 Å². The average molecular weight is 409 g/mol. The Bertz CT molecular complexity index is 1630. The molecule has 4 aliphatic rings. The molecule has 32 heavy (non-hydrogen) atoms. The van der Waals surface area contributed by atoms with E-state index < -0.39 is 0 Å². The van der Waals surface area contributed by atoms with Gasteiger partial charge in [0.1, 0.15) is 11.3 Å². The van der Waals surface area contributed by atoms with Gasteiger partial charge in [-0.2, -0.15) is 0 Å². The van der Waals surface area contributed by atoms with Gasteiger partial charge in [0.25, 0.3) is 0 Å². The van der Waals surface area contributed by atoms with E-state index in [9.17, 15) is 0 Å². The Hall–Kier alpha value is -3.76. The van der Waals surface area contributed by atoms with Gasteiger partial charge in [-0.05, 0) is 69.5 Å². The largest absolute Gasteiger partial charge is 0.456 e. The maximum Gasteiger partial charge on any atom is 0.135 e. The molecule has 3 aromatic carbocycles. The van der Waals surface area contributed by atoms with Gasteiger partial charge in [0.2, 0.25) is 0 Å². The molecule has 0 bridgehead atoms. The number of hydrogen-bond donors (Lipinski definition) is 0. The van der Waals surface area contributed by atoms with E-state index in [1.54, 1.807) is 0 Å². The Labute approximate surface area is 187 Å². The van der Waals surface area contributed by atoms with Gasteiger partial charge in [-0.15, -0.1) is 0 Å². The summed E-state index contributed by atoms with van der Waals surface area (Å²) in [6, 6.07) is 22.5. The third-order valence-corrected chi connectivity index (χ3v) is 7.94. The average Bonchev–Trinajstić information content (AvgIpc) is 3.48. The molecule has 1 heteroatoms. The van der Waals surface area contributed by atoms with Gasteiger partial charge in [-0.1, -0.05) is 72.5 Å². The van der Waals surface area contributed by atoms with Crippen LogP contribution in [-0.4, -0.2) is 0 Å². The van der Waals surface area contributed by atoms with Crippen LogP contribution in [0.1, 0.15) is 52.8 Å². The molecule has 8 rings (SSSR count). The number of hydrogen-bond acceptors (Lipinski definition) is 1. The van der Waals surface area contributed by atoms with Gasteiger partial charge < -0.3 is 4.42 Å². The first-order valence-electron chi connectivity index (χ1n) is 11.5. The SMILES string of the molecule is C1#CCC2=C(C1)c1ccccc1C21c2ccccc2-c2ccc3oc4c(c3c21)CCC=C4. The fourth-order valence-electron chi connectivity index (χ4n) is 6.83. The molecule has 150 valence electrons. The lowest BCUT2D eigenvalue weighted by atomic mass is 9.67. The van der Waals surface area contributed by atoms with Crippen LogP contribution in [0.15, 0.2) is 76.7 Å². The van der Waals surface area contributed by atoms with Crippen molar-refractivity contribution in [1.82, 2.24) is 0 Å². The minimum atomic E-state index is -0.273. The summed E-state index contributed by atoms with van der Waals surface area (Å²) in [4.78, 5) is 0. The van der Waals surface area contributed by atoms with Crippen molar-refractivity contribution in [2.45, 2.75) is 31.1 Å². The van der Waals surface area contributed by atoms with Crippen LogP contribution in [0.25, 0.3) is 33.7 Å². The Morgan fingerprint density at radius 1 is 0.781 bits per heavy atom. The van der Waals surface area contributed by atoms with Crippen LogP contribution in [0.2, 0.25) is 0 Å². The monoisotopic (exact) mass is 408 g/mol. The molecule has 0 N–H and O–H groups in total. The van der Waals surface area contributed by atoms with Crippen LogP contribution in [0.5, 0.6) is 0 Å². The zero-order chi connectivity index (χ0) is 20.9. The van der Waals surface area contributed by atoms with Crippen molar-refractivity contribution in [2.75, 3.05) is 0 Å². The first kappa shape index (κ1) is 16.9. The van der Waals surface area contributed by atoms with Gasteiger partial charge in [0.15, 0.2) is 0 Å². The zero-order valence-electron chi connectivity index (χ0n) is 17.7. The highest BCUT2D eigenvalue weighted by Gasteiger charge is 2.54. The molecule has 0 saturated heterocycles. The molecule has 0 aliphatic heterocycles. The van der Waals surface area contributed by atoms with Crippen LogP contribution in [0.4, 0.5) is 0 Å². The molecule has 0 fully saturated rings. The van der Waals surface area contributed by atoms with Crippen molar-refractivity contribution < 1.29 is 4.42 Å². The van der Waals surface area contributed by atoms with Crippen LogP contribution >= 0.6 is 0 Å². The molecule has 1 aromatic heterocycles. The zero-order valence-corrected chi connectivity index (χ0v) is 17.7. The molecule has 1 atom stereocenters. The van der Waals surface area contributed by atoms with Gasteiger partial charge in [-0.25, -0.2) is 0 Å². The maximum atomic E-state index is 6.41. The van der Waals surface area contributed by atoms with E-state index in [4.69, 9.17) is 4.42 Å². The predicted octanol–water partition coefficient (Wildman–Crippen LogP) is 7.27. The van der Waals surface area contributed by atoms with Crippen molar-refractivity contribution in [3.8, 4) is 23.0 Å². The van der Waals surface area contributed by atoms with E-state index in [0.29, 0.717) is 0 Å². The molecule has 0 amide bonds. The molecule has 1 spiro atoms. The summed E-state index contributed by atoms with van der Waals surface area (Å²) < 4.78 is 6.41. The fraction of sp³-hybridized carbons (Fsp3) is 0.161. The number of aryl methyl sites for hydroxylation is 1. The molecule has 1 unspecified atom stereocenters.